The Morgan fingerprint density at radius 3 is 2.85 bits per heavy atom. The Morgan fingerprint density at radius 2 is 2.08 bits per heavy atom. The van der Waals surface area contributed by atoms with Crippen LogP contribution in [-0.2, 0) is 11.2 Å². The molecule has 0 saturated heterocycles. The summed E-state index contributed by atoms with van der Waals surface area (Å²) in [6, 6.07) is 7.57. The zero-order valence-corrected chi connectivity index (χ0v) is 16.4. The number of nitrogens with zero attached hydrogens (tertiary/aromatic N) is 3. The summed E-state index contributed by atoms with van der Waals surface area (Å²) < 4.78 is 0.725. The van der Waals surface area contributed by atoms with Gasteiger partial charge in [-0.3, -0.25) is 9.78 Å². The van der Waals surface area contributed by atoms with Gasteiger partial charge in [0.15, 0.2) is 5.13 Å². The number of hydrogen-bond acceptors (Lipinski definition) is 7. The fraction of sp³-hybridized carbons (Fsp3) is 0.0588. The molecule has 0 aliphatic rings. The second kappa shape index (κ2) is 7.63. The molecular formula is C17H11ClN4OS3. The third-order valence-corrected chi connectivity index (χ3v) is 6.43. The largest absolute Gasteiger partial charge is 0.302 e. The number of amides is 1. The Labute approximate surface area is 166 Å². The summed E-state index contributed by atoms with van der Waals surface area (Å²) >= 11 is 10.3. The Hall–Kier alpha value is -2.13. The molecule has 1 N–H and O–H groups in total. The lowest BCUT2D eigenvalue weighted by atomic mass is 10.2. The molecule has 0 aromatic carbocycles. The fourth-order valence-corrected chi connectivity index (χ4v) is 4.91. The second-order valence-corrected chi connectivity index (χ2v) is 8.68. The van der Waals surface area contributed by atoms with Crippen LogP contribution < -0.4 is 5.32 Å². The van der Waals surface area contributed by atoms with E-state index < -0.39 is 0 Å². The van der Waals surface area contributed by atoms with Crippen LogP contribution in [-0.4, -0.2) is 20.9 Å². The maximum atomic E-state index is 12.3. The molecule has 0 unspecified atom stereocenters. The van der Waals surface area contributed by atoms with Gasteiger partial charge < -0.3 is 5.32 Å². The molecule has 0 bridgehead atoms. The van der Waals surface area contributed by atoms with Crippen molar-refractivity contribution in [1.82, 2.24) is 15.0 Å². The number of pyridine rings is 1. The highest BCUT2D eigenvalue weighted by Gasteiger charge is 2.12. The van der Waals surface area contributed by atoms with Gasteiger partial charge in [-0.25, -0.2) is 9.97 Å². The van der Waals surface area contributed by atoms with Gasteiger partial charge >= 0.3 is 0 Å². The van der Waals surface area contributed by atoms with Crippen molar-refractivity contribution in [3.8, 4) is 21.1 Å². The summed E-state index contributed by atoms with van der Waals surface area (Å²) in [7, 11) is 0. The number of anilines is 1. The van der Waals surface area contributed by atoms with E-state index in [-0.39, 0.29) is 12.3 Å². The third-order valence-electron chi connectivity index (χ3n) is 3.39. The SMILES string of the molecule is O=C(Cc1csc(-c2ccc(Cl)s2)n1)Nc1nc(-c2cccnc2)cs1. The Kier molecular flexibility index (Phi) is 5.07. The van der Waals surface area contributed by atoms with Crippen molar-refractivity contribution in [2.75, 3.05) is 5.32 Å². The lowest BCUT2D eigenvalue weighted by Crippen LogP contribution is -2.14. The Bertz CT molecular complexity index is 1040. The fourth-order valence-electron chi connectivity index (χ4n) is 2.24. The van der Waals surface area contributed by atoms with Gasteiger partial charge in [0.25, 0.3) is 0 Å². The molecule has 0 saturated carbocycles. The smallest absolute Gasteiger partial charge is 0.232 e. The van der Waals surface area contributed by atoms with Gasteiger partial charge in [0.05, 0.1) is 27.0 Å². The van der Waals surface area contributed by atoms with Crippen LogP contribution in [0.2, 0.25) is 4.34 Å². The maximum absolute atomic E-state index is 12.3. The number of aromatic nitrogens is 3. The lowest BCUT2D eigenvalue weighted by Gasteiger charge is -1.99. The Morgan fingerprint density at radius 1 is 1.15 bits per heavy atom. The predicted octanol–water partition coefficient (Wildman–Crippen LogP) is 5.22. The topological polar surface area (TPSA) is 67.8 Å². The summed E-state index contributed by atoms with van der Waals surface area (Å²) in [5.41, 5.74) is 2.45. The minimum atomic E-state index is -0.141. The number of hydrogen-bond donors (Lipinski definition) is 1. The van der Waals surface area contributed by atoms with Crippen LogP contribution in [0.25, 0.3) is 21.1 Å². The van der Waals surface area contributed by atoms with Crippen molar-refractivity contribution in [2.45, 2.75) is 6.42 Å². The van der Waals surface area contributed by atoms with Gasteiger partial charge in [-0.1, -0.05) is 11.6 Å². The van der Waals surface area contributed by atoms with Gasteiger partial charge in [-0.05, 0) is 24.3 Å². The normalized spacial score (nSPS) is 10.8. The molecule has 9 heteroatoms. The zero-order valence-electron chi connectivity index (χ0n) is 13.2. The van der Waals surface area contributed by atoms with E-state index in [1.54, 1.807) is 12.4 Å². The highest BCUT2D eigenvalue weighted by atomic mass is 35.5. The number of halogens is 1. The average Bonchev–Trinajstić information content (AvgIpc) is 3.37. The summed E-state index contributed by atoms with van der Waals surface area (Å²) in [5, 5.41) is 8.06. The first-order chi connectivity index (χ1) is 12.7. The minimum Gasteiger partial charge on any atom is -0.302 e. The first kappa shape index (κ1) is 17.3. The van der Waals surface area contributed by atoms with Gasteiger partial charge in [0.1, 0.15) is 5.01 Å². The predicted molar refractivity (Wildman–Crippen MR) is 108 cm³/mol. The van der Waals surface area contributed by atoms with E-state index in [1.807, 2.05) is 35.0 Å². The molecule has 0 aliphatic carbocycles. The maximum Gasteiger partial charge on any atom is 0.232 e. The van der Waals surface area contributed by atoms with Crippen LogP contribution in [0, 0.1) is 0 Å². The summed E-state index contributed by atoms with van der Waals surface area (Å²) in [6.45, 7) is 0. The van der Waals surface area contributed by atoms with E-state index in [1.165, 1.54) is 34.0 Å². The molecule has 0 radical (unpaired) electrons. The molecule has 4 aromatic rings. The van der Waals surface area contributed by atoms with Gasteiger partial charge in [0.2, 0.25) is 5.91 Å². The van der Waals surface area contributed by atoms with Crippen LogP contribution in [0.3, 0.4) is 0 Å². The molecule has 0 spiro atoms. The van der Waals surface area contributed by atoms with Crippen molar-refractivity contribution >= 4 is 56.7 Å². The molecule has 26 heavy (non-hydrogen) atoms. The number of thiazole rings is 2. The Balaban J connectivity index is 1.40. The van der Waals surface area contributed by atoms with Crippen LogP contribution in [0.1, 0.15) is 5.69 Å². The number of carbonyl (C=O) groups is 1. The summed E-state index contributed by atoms with van der Waals surface area (Å²) in [5.74, 6) is -0.141. The lowest BCUT2D eigenvalue weighted by molar-refractivity contribution is -0.115. The van der Waals surface area contributed by atoms with Crippen molar-refractivity contribution in [3.05, 3.63) is 57.4 Å². The van der Waals surface area contributed by atoms with E-state index >= 15 is 0 Å². The third kappa shape index (κ3) is 3.99. The molecule has 5 nitrogen and oxygen atoms in total. The molecule has 4 rings (SSSR count). The van der Waals surface area contributed by atoms with Crippen LogP contribution >= 0.6 is 45.6 Å². The van der Waals surface area contributed by atoms with Crippen molar-refractivity contribution in [1.29, 1.82) is 0 Å². The molecule has 130 valence electrons. The number of carbonyl (C=O) groups excluding carboxylic acids is 1. The van der Waals surface area contributed by atoms with E-state index in [4.69, 9.17) is 11.6 Å². The van der Waals surface area contributed by atoms with Crippen molar-refractivity contribution in [2.24, 2.45) is 0 Å². The quantitative estimate of drug-likeness (QED) is 0.482. The molecular weight excluding hydrogens is 408 g/mol. The van der Waals surface area contributed by atoms with Crippen LogP contribution in [0.4, 0.5) is 5.13 Å². The minimum absolute atomic E-state index is 0.141. The van der Waals surface area contributed by atoms with Gasteiger partial charge in [-0.15, -0.1) is 34.0 Å². The summed E-state index contributed by atoms with van der Waals surface area (Å²) in [6.07, 6.45) is 3.66. The first-order valence-corrected chi connectivity index (χ1v) is 10.5. The zero-order chi connectivity index (χ0) is 17.9. The summed E-state index contributed by atoms with van der Waals surface area (Å²) in [4.78, 5) is 26.3. The number of rotatable bonds is 5. The van der Waals surface area contributed by atoms with Crippen LogP contribution in [0.15, 0.2) is 47.4 Å². The molecule has 0 atom stereocenters. The van der Waals surface area contributed by atoms with Gasteiger partial charge in [-0.2, -0.15) is 0 Å². The van der Waals surface area contributed by atoms with Crippen LogP contribution in [0.5, 0.6) is 0 Å². The van der Waals surface area contributed by atoms with E-state index in [0.717, 1.165) is 31.2 Å². The monoisotopic (exact) mass is 418 g/mol. The number of nitrogens with one attached hydrogen (secondary N) is 1. The molecule has 4 aromatic heterocycles. The highest BCUT2D eigenvalue weighted by Crippen LogP contribution is 2.33. The van der Waals surface area contributed by atoms with E-state index in [2.05, 4.69) is 20.3 Å². The highest BCUT2D eigenvalue weighted by molar-refractivity contribution is 7.23. The average molecular weight is 419 g/mol. The number of thiophene rings is 1. The van der Waals surface area contributed by atoms with Crippen molar-refractivity contribution < 1.29 is 4.79 Å². The van der Waals surface area contributed by atoms with Crippen molar-refractivity contribution in [3.63, 3.8) is 0 Å². The first-order valence-electron chi connectivity index (χ1n) is 7.53. The molecule has 1 amide bonds. The van der Waals surface area contributed by atoms with E-state index in [0.29, 0.717) is 5.13 Å². The molecule has 0 aliphatic heterocycles. The second-order valence-electron chi connectivity index (χ2n) is 5.25. The van der Waals surface area contributed by atoms with Gasteiger partial charge in [0, 0.05) is 28.7 Å². The van der Waals surface area contributed by atoms with E-state index in [9.17, 15) is 4.79 Å². The molecule has 4 heterocycles. The molecule has 0 fully saturated rings. The standard InChI is InChI=1S/C17H11ClN4OS3/c18-14-4-3-13(26-14)16-20-11(8-24-16)6-15(23)22-17-21-12(9-25-17)10-2-1-5-19-7-10/h1-5,7-9H,6H2,(H,21,22,23).